The van der Waals surface area contributed by atoms with E-state index in [1.807, 2.05) is 45.0 Å². The number of carbonyl (C=O) groups excluding carboxylic acids is 2. The quantitative estimate of drug-likeness (QED) is 0.351. The Bertz CT molecular complexity index is 1220. The first-order valence-electron chi connectivity index (χ1n) is 15.4. The number of Topliss-reactive ketones (excluding diaryl/α,β-unsaturated/α-hetero) is 2. The SMILES string of the molecule is COc1ccc(CO[C@H]2C(=O)[C@]3(C)[C@@H](O[Si](C)(C)C(C)(C)C)CC[C@@]4(CO4)[C@H]3[C@H](O)C(=O)C3(O)CCC2C3(C)C)cc1. The third kappa shape index (κ3) is 4.65. The predicted molar refractivity (Wildman–Crippen MR) is 161 cm³/mol. The van der Waals surface area contributed by atoms with Crippen molar-refractivity contribution in [3.05, 3.63) is 29.8 Å². The summed E-state index contributed by atoms with van der Waals surface area (Å²) < 4.78 is 25.0. The number of ether oxygens (including phenoxy) is 3. The molecule has 3 saturated carbocycles. The lowest BCUT2D eigenvalue weighted by molar-refractivity contribution is -0.177. The number of fused-ring (bicyclic) bond motifs is 4. The highest BCUT2D eigenvalue weighted by Gasteiger charge is 2.74. The van der Waals surface area contributed by atoms with Crippen molar-refractivity contribution >= 4 is 19.9 Å². The van der Waals surface area contributed by atoms with Crippen LogP contribution in [0.25, 0.3) is 0 Å². The van der Waals surface area contributed by atoms with Gasteiger partial charge in [0.1, 0.15) is 23.6 Å². The van der Waals surface area contributed by atoms with E-state index >= 15 is 4.79 Å². The fourth-order valence-electron chi connectivity index (χ4n) is 7.94. The Balaban J connectivity index is 1.63. The molecule has 1 aromatic carbocycles. The van der Waals surface area contributed by atoms with Crippen LogP contribution >= 0.6 is 0 Å². The van der Waals surface area contributed by atoms with Crippen molar-refractivity contribution in [3.63, 3.8) is 0 Å². The van der Waals surface area contributed by atoms with E-state index in [9.17, 15) is 15.0 Å². The van der Waals surface area contributed by atoms with Crippen LogP contribution in [0.1, 0.15) is 72.8 Å². The van der Waals surface area contributed by atoms with Gasteiger partial charge in [-0.05, 0) is 68.4 Å². The molecule has 8 nitrogen and oxygen atoms in total. The molecule has 0 aromatic heterocycles. The van der Waals surface area contributed by atoms with Gasteiger partial charge in [0.25, 0.3) is 0 Å². The van der Waals surface area contributed by atoms with Gasteiger partial charge in [0.2, 0.25) is 0 Å². The smallest absolute Gasteiger partial charge is 0.193 e. The van der Waals surface area contributed by atoms with Crippen molar-refractivity contribution in [3.8, 4) is 5.75 Å². The standard InChI is InChI=1S/C33H50O8Si/c1-29(2,3)42(8,9)41-23-15-16-32(19-40-32)26-24(34)27(35)33(37)17-14-22(30(33,4)5)25(28(36)31(23,26)6)39-18-20-10-12-21(38-7)13-11-20/h10-13,22-26,34,37H,14-19H2,1-9H3/t22?,23-,24-,25+,26-,31+,32+,33?/m0/s1. The number of methoxy groups -OCH3 is 1. The Morgan fingerprint density at radius 2 is 1.64 bits per heavy atom. The molecule has 1 saturated heterocycles. The normalized spacial score (nSPS) is 39.8. The summed E-state index contributed by atoms with van der Waals surface area (Å²) in [6.07, 6.45) is -1.27. The topological polar surface area (TPSA) is 115 Å². The van der Waals surface area contributed by atoms with Crippen molar-refractivity contribution in [2.45, 2.75) is 121 Å². The summed E-state index contributed by atoms with van der Waals surface area (Å²) >= 11 is 0. The first-order chi connectivity index (χ1) is 19.4. The number of carbonyl (C=O) groups is 2. The second-order valence-electron chi connectivity index (χ2n) is 15.5. The molecular weight excluding hydrogens is 552 g/mol. The van der Waals surface area contributed by atoms with Gasteiger partial charge in [-0.3, -0.25) is 9.59 Å². The number of aliphatic hydroxyl groups is 2. The van der Waals surface area contributed by atoms with Gasteiger partial charge in [0.15, 0.2) is 19.9 Å². The molecule has 8 atom stereocenters. The zero-order chi connectivity index (χ0) is 31.1. The lowest BCUT2D eigenvalue weighted by Crippen LogP contribution is -2.66. The van der Waals surface area contributed by atoms with Crippen molar-refractivity contribution < 1.29 is 38.4 Å². The molecule has 0 amide bonds. The zero-order valence-electron chi connectivity index (χ0n) is 26.8. The van der Waals surface area contributed by atoms with Crippen molar-refractivity contribution in [2.75, 3.05) is 13.7 Å². The highest BCUT2D eigenvalue weighted by Crippen LogP contribution is 2.63. The summed E-state index contributed by atoms with van der Waals surface area (Å²) in [5.41, 5.74) is -4.01. The van der Waals surface area contributed by atoms with Crippen LogP contribution in [0.5, 0.6) is 5.75 Å². The molecule has 1 spiro atoms. The lowest BCUT2D eigenvalue weighted by Gasteiger charge is -2.54. The third-order valence-electron chi connectivity index (χ3n) is 12.0. The fraction of sp³-hybridized carbons (Fsp3) is 0.758. The van der Waals surface area contributed by atoms with Crippen LogP contribution < -0.4 is 4.74 Å². The molecule has 1 aromatic rings. The first-order valence-corrected chi connectivity index (χ1v) is 18.3. The third-order valence-corrected chi connectivity index (χ3v) is 16.5. The molecule has 4 fully saturated rings. The van der Waals surface area contributed by atoms with Crippen LogP contribution in [0.3, 0.4) is 0 Å². The van der Waals surface area contributed by atoms with Crippen molar-refractivity contribution in [1.29, 1.82) is 0 Å². The molecular formula is C33H50O8Si. The molecule has 1 heterocycles. The molecule has 234 valence electrons. The molecule has 0 radical (unpaired) electrons. The molecule has 42 heavy (non-hydrogen) atoms. The van der Waals surface area contributed by atoms with Gasteiger partial charge in [0, 0.05) is 17.3 Å². The molecule has 5 rings (SSSR count). The van der Waals surface area contributed by atoms with Crippen LogP contribution in [0.2, 0.25) is 18.1 Å². The summed E-state index contributed by atoms with van der Waals surface area (Å²) in [5, 5.41) is 23.9. The molecule has 2 bridgehead atoms. The summed E-state index contributed by atoms with van der Waals surface area (Å²) in [6, 6.07) is 7.52. The van der Waals surface area contributed by atoms with E-state index in [0.717, 1.165) is 11.3 Å². The minimum atomic E-state index is -2.38. The summed E-state index contributed by atoms with van der Waals surface area (Å²) in [6.45, 7) is 16.9. The minimum absolute atomic E-state index is 0.111. The Hall–Kier alpha value is -1.62. The Morgan fingerprint density at radius 1 is 1.02 bits per heavy atom. The van der Waals surface area contributed by atoms with Crippen LogP contribution in [0.15, 0.2) is 24.3 Å². The fourth-order valence-corrected chi connectivity index (χ4v) is 9.37. The van der Waals surface area contributed by atoms with Gasteiger partial charge in [0.05, 0.1) is 37.4 Å². The molecule has 1 aliphatic heterocycles. The van der Waals surface area contributed by atoms with Gasteiger partial charge < -0.3 is 28.8 Å². The second kappa shape index (κ2) is 10.2. The van der Waals surface area contributed by atoms with Crippen molar-refractivity contribution in [1.82, 2.24) is 0 Å². The average Bonchev–Trinajstić information content (AvgIpc) is 3.64. The van der Waals surface area contributed by atoms with E-state index < -0.39 is 66.3 Å². The Labute approximate surface area is 251 Å². The number of rotatable bonds is 6. The number of hydrogen-bond acceptors (Lipinski definition) is 8. The number of ketones is 2. The maximum absolute atomic E-state index is 15.3. The highest BCUT2D eigenvalue weighted by atomic mass is 28.4. The summed E-state index contributed by atoms with van der Waals surface area (Å²) in [7, 11) is -0.764. The minimum Gasteiger partial charge on any atom is -0.497 e. The molecule has 9 heteroatoms. The Kier molecular flexibility index (Phi) is 7.73. The highest BCUT2D eigenvalue weighted by molar-refractivity contribution is 6.74. The van der Waals surface area contributed by atoms with Gasteiger partial charge >= 0.3 is 0 Å². The van der Waals surface area contributed by atoms with Crippen LogP contribution in [-0.2, 0) is 30.1 Å². The maximum atomic E-state index is 15.3. The molecule has 4 aliphatic rings. The predicted octanol–water partition coefficient (Wildman–Crippen LogP) is 4.84. The van der Waals surface area contributed by atoms with Crippen molar-refractivity contribution in [2.24, 2.45) is 22.7 Å². The van der Waals surface area contributed by atoms with E-state index in [1.54, 1.807) is 7.11 Å². The number of hydrogen-bond donors (Lipinski definition) is 2. The van der Waals surface area contributed by atoms with Gasteiger partial charge in [-0.25, -0.2) is 0 Å². The maximum Gasteiger partial charge on any atom is 0.193 e. The number of benzene rings is 1. The lowest BCUT2D eigenvalue weighted by atomic mass is 9.55. The van der Waals surface area contributed by atoms with E-state index in [4.69, 9.17) is 18.6 Å². The monoisotopic (exact) mass is 602 g/mol. The average molecular weight is 603 g/mol. The first kappa shape index (κ1) is 31.8. The molecule has 2 N–H and O–H groups in total. The van der Waals surface area contributed by atoms with Crippen LogP contribution in [0, 0.1) is 22.7 Å². The van der Waals surface area contributed by atoms with E-state index in [1.165, 1.54) is 0 Å². The van der Waals surface area contributed by atoms with Gasteiger partial charge in [-0.2, -0.15) is 0 Å². The van der Waals surface area contributed by atoms with Crippen LogP contribution in [0.4, 0.5) is 0 Å². The largest absolute Gasteiger partial charge is 0.497 e. The Morgan fingerprint density at radius 3 is 2.19 bits per heavy atom. The summed E-state index contributed by atoms with van der Waals surface area (Å²) in [5.74, 6) is -1.36. The second-order valence-corrected chi connectivity index (χ2v) is 20.3. The van der Waals surface area contributed by atoms with E-state index in [-0.39, 0.29) is 23.8 Å². The zero-order valence-corrected chi connectivity index (χ0v) is 27.8. The van der Waals surface area contributed by atoms with Gasteiger partial charge in [-0.15, -0.1) is 0 Å². The number of aliphatic hydroxyl groups excluding tert-OH is 1. The summed E-state index contributed by atoms with van der Waals surface area (Å²) in [4.78, 5) is 29.5. The van der Waals surface area contributed by atoms with E-state index in [0.29, 0.717) is 25.9 Å². The number of epoxide rings is 1. The van der Waals surface area contributed by atoms with E-state index in [2.05, 4.69) is 33.9 Å². The van der Waals surface area contributed by atoms with Gasteiger partial charge in [-0.1, -0.05) is 46.8 Å². The molecule has 2 unspecified atom stereocenters. The van der Waals surface area contributed by atoms with Crippen LogP contribution in [-0.4, -0.2) is 73.3 Å². The molecule has 3 aliphatic carbocycles.